The van der Waals surface area contributed by atoms with E-state index in [1.807, 2.05) is 0 Å². The van der Waals surface area contributed by atoms with E-state index in [0.717, 1.165) is 24.2 Å². The quantitative estimate of drug-likeness (QED) is 0.773. The van der Waals surface area contributed by atoms with Crippen molar-refractivity contribution in [1.29, 1.82) is 0 Å². The molecule has 1 N–H and O–H groups in total. The maximum atomic E-state index is 12.2. The molecule has 140 valence electrons. The number of carbonyl (C=O) groups excluding carboxylic acids is 1. The average Bonchev–Trinajstić information content (AvgIpc) is 3.33. The monoisotopic (exact) mass is 346 g/mol. The molecule has 0 aromatic heterocycles. The zero-order valence-electron chi connectivity index (χ0n) is 16.0. The van der Waals surface area contributed by atoms with Crippen LogP contribution in [0.4, 0.5) is 0 Å². The van der Waals surface area contributed by atoms with E-state index in [1.54, 1.807) is 0 Å². The third kappa shape index (κ3) is 2.03. The molecule has 0 aromatic carbocycles. The van der Waals surface area contributed by atoms with Crippen molar-refractivity contribution in [1.82, 2.24) is 0 Å². The predicted octanol–water partition coefficient (Wildman–Crippen LogP) is 3.83. The predicted molar refractivity (Wildman–Crippen MR) is 95.9 cm³/mol. The van der Waals surface area contributed by atoms with Gasteiger partial charge in [0.2, 0.25) is 0 Å². The number of carbonyl (C=O) groups is 1. The molecule has 4 aliphatic carbocycles. The lowest BCUT2D eigenvalue weighted by Gasteiger charge is -2.59. The fraction of sp³-hybridized carbons (Fsp3) is 0.955. The number of aliphatic hydroxyl groups is 1. The van der Waals surface area contributed by atoms with Crippen LogP contribution in [0.15, 0.2) is 0 Å². The third-order valence-electron chi connectivity index (χ3n) is 9.88. The molecule has 0 aromatic rings. The van der Waals surface area contributed by atoms with Crippen molar-refractivity contribution >= 4 is 5.78 Å². The number of aliphatic hydroxyl groups excluding tert-OH is 1. The van der Waals surface area contributed by atoms with Crippen LogP contribution in [0, 0.1) is 46.3 Å². The Morgan fingerprint density at radius 2 is 1.96 bits per heavy atom. The Morgan fingerprint density at radius 1 is 1.16 bits per heavy atom. The van der Waals surface area contributed by atoms with Crippen molar-refractivity contribution in [2.45, 2.75) is 77.9 Å². The maximum absolute atomic E-state index is 12.2. The smallest absolute Gasteiger partial charge is 0.164 e. The first kappa shape index (κ1) is 16.7. The van der Waals surface area contributed by atoms with Gasteiger partial charge in [-0.2, -0.15) is 0 Å². The molecule has 4 saturated carbocycles. The summed E-state index contributed by atoms with van der Waals surface area (Å²) in [6, 6.07) is 0. The summed E-state index contributed by atoms with van der Waals surface area (Å²) < 4.78 is 5.94. The molecule has 0 unspecified atom stereocenters. The van der Waals surface area contributed by atoms with Crippen molar-refractivity contribution in [3.63, 3.8) is 0 Å². The molecule has 10 atom stereocenters. The van der Waals surface area contributed by atoms with Gasteiger partial charge in [0.05, 0.1) is 6.10 Å². The number of hydrogen-bond acceptors (Lipinski definition) is 3. The summed E-state index contributed by atoms with van der Waals surface area (Å²) in [5.41, 5.74) is 0.657. The first-order valence-corrected chi connectivity index (χ1v) is 10.7. The minimum atomic E-state index is -0.0564. The SMILES string of the molecule is C[C@H](CO)[C@H]1CC[C@H]2[C@@H]3CC[C@H]4CC(=O)[C@@H]5O[C@@H]5[C@]4(C)[C@H]3CC[C@]12C. The number of ketones is 1. The summed E-state index contributed by atoms with van der Waals surface area (Å²) in [7, 11) is 0. The average molecular weight is 347 g/mol. The van der Waals surface area contributed by atoms with E-state index in [1.165, 1.54) is 38.5 Å². The molecule has 5 aliphatic rings. The Hall–Kier alpha value is -0.410. The highest BCUT2D eigenvalue weighted by molar-refractivity contribution is 5.87. The maximum Gasteiger partial charge on any atom is 0.164 e. The highest BCUT2D eigenvalue weighted by Gasteiger charge is 2.69. The fourth-order valence-electron chi connectivity index (χ4n) is 8.53. The molecule has 0 bridgehead atoms. The Morgan fingerprint density at radius 3 is 2.72 bits per heavy atom. The number of fused-ring (bicyclic) bond motifs is 7. The second-order valence-corrected chi connectivity index (χ2v) is 10.6. The van der Waals surface area contributed by atoms with Crippen molar-refractivity contribution in [2.24, 2.45) is 46.3 Å². The Labute approximate surface area is 151 Å². The van der Waals surface area contributed by atoms with Gasteiger partial charge in [-0.05, 0) is 79.4 Å². The van der Waals surface area contributed by atoms with Crippen LogP contribution in [0.2, 0.25) is 0 Å². The molecule has 5 fully saturated rings. The topological polar surface area (TPSA) is 49.8 Å². The molecule has 3 nitrogen and oxygen atoms in total. The first-order valence-electron chi connectivity index (χ1n) is 10.7. The zero-order chi connectivity index (χ0) is 17.6. The van der Waals surface area contributed by atoms with Gasteiger partial charge < -0.3 is 9.84 Å². The van der Waals surface area contributed by atoms with E-state index in [9.17, 15) is 9.90 Å². The minimum absolute atomic E-state index is 0.0564. The van der Waals surface area contributed by atoms with Crippen LogP contribution in [0.5, 0.6) is 0 Å². The van der Waals surface area contributed by atoms with E-state index in [2.05, 4.69) is 20.8 Å². The molecule has 0 spiro atoms. The van der Waals surface area contributed by atoms with Crippen LogP contribution in [0.25, 0.3) is 0 Å². The van der Waals surface area contributed by atoms with Gasteiger partial charge in [0.1, 0.15) is 6.10 Å². The van der Waals surface area contributed by atoms with E-state index in [0.29, 0.717) is 35.6 Å². The molecule has 1 heterocycles. The number of ether oxygens (including phenoxy) is 1. The van der Waals surface area contributed by atoms with Crippen LogP contribution in [-0.4, -0.2) is 29.7 Å². The summed E-state index contributed by atoms with van der Waals surface area (Å²) in [4.78, 5) is 12.2. The van der Waals surface area contributed by atoms with Crippen LogP contribution in [0.1, 0.15) is 65.7 Å². The highest BCUT2D eigenvalue weighted by Crippen LogP contribution is 2.69. The molecule has 1 aliphatic heterocycles. The van der Waals surface area contributed by atoms with E-state index in [4.69, 9.17) is 4.74 Å². The van der Waals surface area contributed by atoms with Gasteiger partial charge in [0.25, 0.3) is 0 Å². The number of Topliss-reactive ketones (excluding diaryl/α,β-unsaturated/α-hetero) is 1. The zero-order valence-corrected chi connectivity index (χ0v) is 16.0. The summed E-state index contributed by atoms with van der Waals surface area (Å²) in [6.45, 7) is 7.59. The lowest BCUT2D eigenvalue weighted by atomic mass is 9.44. The lowest BCUT2D eigenvalue weighted by molar-refractivity contribution is -0.135. The van der Waals surface area contributed by atoms with Crippen molar-refractivity contribution in [3.8, 4) is 0 Å². The molecule has 5 rings (SSSR count). The third-order valence-corrected chi connectivity index (χ3v) is 9.88. The minimum Gasteiger partial charge on any atom is -0.396 e. The van der Waals surface area contributed by atoms with Crippen molar-refractivity contribution in [2.75, 3.05) is 6.61 Å². The van der Waals surface area contributed by atoms with Gasteiger partial charge in [-0.15, -0.1) is 0 Å². The van der Waals surface area contributed by atoms with Crippen LogP contribution < -0.4 is 0 Å². The largest absolute Gasteiger partial charge is 0.396 e. The van der Waals surface area contributed by atoms with E-state index < -0.39 is 0 Å². The van der Waals surface area contributed by atoms with Crippen LogP contribution in [-0.2, 0) is 9.53 Å². The van der Waals surface area contributed by atoms with Crippen LogP contribution in [0.3, 0.4) is 0 Å². The Balaban J connectivity index is 1.45. The molecule has 0 amide bonds. The van der Waals surface area contributed by atoms with Gasteiger partial charge in [0.15, 0.2) is 5.78 Å². The Bertz CT molecular complexity index is 588. The first-order chi connectivity index (χ1) is 11.9. The molecule has 25 heavy (non-hydrogen) atoms. The summed E-state index contributed by atoms with van der Waals surface area (Å²) in [6.07, 6.45) is 8.74. The Kier molecular flexibility index (Phi) is 3.56. The van der Waals surface area contributed by atoms with Gasteiger partial charge >= 0.3 is 0 Å². The van der Waals surface area contributed by atoms with Gasteiger partial charge in [-0.25, -0.2) is 0 Å². The molecular formula is C22H34O3. The number of epoxide rings is 1. The number of rotatable bonds is 2. The van der Waals surface area contributed by atoms with E-state index >= 15 is 0 Å². The number of hydrogen-bond donors (Lipinski definition) is 1. The van der Waals surface area contributed by atoms with Crippen molar-refractivity contribution < 1.29 is 14.6 Å². The fourth-order valence-corrected chi connectivity index (χ4v) is 8.53. The molecule has 0 radical (unpaired) electrons. The standard InChI is InChI=1S/C22H34O3/c1-12(11-23)15-6-7-16-14-5-4-13-10-18(24)19-20(25-19)22(13,3)17(14)8-9-21(15,16)2/h12-17,19-20,23H,4-11H2,1-3H3/t12-,13+,14+,15-,16+,17+,19+,20+,21-,22+/m1/s1. The molecular weight excluding hydrogens is 312 g/mol. The normalized spacial score (nSPS) is 57.9. The second-order valence-electron chi connectivity index (χ2n) is 10.6. The van der Waals surface area contributed by atoms with Gasteiger partial charge in [0, 0.05) is 18.4 Å². The lowest BCUT2D eigenvalue weighted by Crippen LogP contribution is -2.56. The summed E-state index contributed by atoms with van der Waals surface area (Å²) in [5, 5.41) is 9.74. The summed E-state index contributed by atoms with van der Waals surface area (Å²) in [5.74, 6) is 4.43. The summed E-state index contributed by atoms with van der Waals surface area (Å²) >= 11 is 0. The van der Waals surface area contributed by atoms with Crippen LogP contribution >= 0.6 is 0 Å². The highest BCUT2D eigenvalue weighted by atomic mass is 16.6. The van der Waals surface area contributed by atoms with Crippen molar-refractivity contribution in [3.05, 3.63) is 0 Å². The second kappa shape index (κ2) is 5.32. The van der Waals surface area contributed by atoms with Gasteiger partial charge in [-0.1, -0.05) is 20.8 Å². The molecule has 1 saturated heterocycles. The van der Waals surface area contributed by atoms with Gasteiger partial charge in [-0.3, -0.25) is 4.79 Å². The van der Waals surface area contributed by atoms with E-state index in [-0.39, 0.29) is 17.6 Å². The molecule has 3 heteroatoms.